The molecule has 8 heteroatoms. The van der Waals surface area contributed by atoms with Crippen LogP contribution in [0.1, 0.15) is 46.6 Å². The molecule has 3 rings (SSSR count). The van der Waals surface area contributed by atoms with Crippen molar-refractivity contribution >= 4 is 27.3 Å². The Kier molecular flexibility index (Phi) is 8.74. The maximum atomic E-state index is 13.0. The molecule has 0 aromatic heterocycles. The van der Waals surface area contributed by atoms with Gasteiger partial charge in [-0.1, -0.05) is 50.2 Å². The summed E-state index contributed by atoms with van der Waals surface area (Å²) >= 11 is 0. The molecule has 0 aliphatic heterocycles. The van der Waals surface area contributed by atoms with Crippen LogP contribution < -0.4 is 15.4 Å². The van der Waals surface area contributed by atoms with E-state index in [1.165, 1.54) is 0 Å². The second kappa shape index (κ2) is 11.6. The van der Waals surface area contributed by atoms with Gasteiger partial charge >= 0.3 is 0 Å². The average molecular weight is 519 g/mol. The molecule has 0 saturated carbocycles. The minimum absolute atomic E-state index is 0.124. The van der Waals surface area contributed by atoms with Gasteiger partial charge in [-0.15, -0.1) is 0 Å². The standard InChI is InChI=1S/C29H34N4O3S/c1-20(2)26(31-24-10-8-9-21(17-24)19-30)18-28(34)32-23-15-13-22(14-16-23)25-11-6-7-12-27(25)37(35,36)33-29(3,4)5/h6-17,20,26,31,33H,18H2,1-5H3,(H,32,34)/t26-/m0/s1. The molecule has 1 amide bonds. The van der Waals surface area contributed by atoms with Crippen LogP contribution in [0.2, 0.25) is 0 Å². The van der Waals surface area contributed by atoms with Crippen molar-refractivity contribution in [1.82, 2.24) is 4.72 Å². The minimum atomic E-state index is -3.72. The number of nitrogens with zero attached hydrogens (tertiary/aromatic N) is 1. The van der Waals surface area contributed by atoms with Gasteiger partial charge in [0.2, 0.25) is 15.9 Å². The van der Waals surface area contributed by atoms with E-state index in [1.807, 2.05) is 26.0 Å². The molecular weight excluding hydrogens is 484 g/mol. The summed E-state index contributed by atoms with van der Waals surface area (Å²) in [7, 11) is -3.72. The zero-order valence-corrected chi connectivity index (χ0v) is 22.7. The van der Waals surface area contributed by atoms with E-state index in [0.29, 0.717) is 16.8 Å². The number of hydrogen-bond acceptors (Lipinski definition) is 5. The summed E-state index contributed by atoms with van der Waals surface area (Å²) < 4.78 is 28.7. The summed E-state index contributed by atoms with van der Waals surface area (Å²) in [5.41, 5.74) is 2.68. The van der Waals surface area contributed by atoms with Crippen molar-refractivity contribution in [1.29, 1.82) is 5.26 Å². The van der Waals surface area contributed by atoms with Crippen LogP contribution in [-0.4, -0.2) is 25.9 Å². The largest absolute Gasteiger partial charge is 0.381 e. The van der Waals surface area contributed by atoms with E-state index < -0.39 is 15.6 Å². The van der Waals surface area contributed by atoms with E-state index >= 15 is 0 Å². The van der Waals surface area contributed by atoms with Crippen molar-refractivity contribution in [3.63, 3.8) is 0 Å². The van der Waals surface area contributed by atoms with Crippen LogP contribution in [0.3, 0.4) is 0 Å². The van der Waals surface area contributed by atoms with E-state index in [0.717, 1.165) is 11.3 Å². The Balaban J connectivity index is 1.73. The normalized spacial score (nSPS) is 12.6. The van der Waals surface area contributed by atoms with Crippen LogP contribution in [0, 0.1) is 17.2 Å². The first kappa shape index (κ1) is 27.9. The number of anilines is 2. The van der Waals surface area contributed by atoms with Crippen molar-refractivity contribution in [2.24, 2.45) is 5.92 Å². The SMILES string of the molecule is CC(C)[C@H](CC(=O)Nc1ccc(-c2ccccc2S(=O)(=O)NC(C)(C)C)cc1)Nc1cccc(C#N)c1. The molecule has 0 aliphatic rings. The maximum Gasteiger partial charge on any atom is 0.241 e. The van der Waals surface area contributed by atoms with E-state index in [4.69, 9.17) is 5.26 Å². The predicted molar refractivity (Wildman–Crippen MR) is 149 cm³/mol. The molecule has 3 aromatic carbocycles. The molecule has 37 heavy (non-hydrogen) atoms. The predicted octanol–water partition coefficient (Wildman–Crippen LogP) is 5.77. The van der Waals surface area contributed by atoms with Crippen LogP contribution in [0.4, 0.5) is 11.4 Å². The Morgan fingerprint density at radius 2 is 1.62 bits per heavy atom. The highest BCUT2D eigenvalue weighted by atomic mass is 32.2. The Hall–Kier alpha value is -3.67. The van der Waals surface area contributed by atoms with E-state index in [9.17, 15) is 13.2 Å². The van der Waals surface area contributed by atoms with Crippen molar-refractivity contribution in [2.45, 2.75) is 57.5 Å². The van der Waals surface area contributed by atoms with Crippen LogP contribution in [-0.2, 0) is 14.8 Å². The van der Waals surface area contributed by atoms with Crippen LogP contribution in [0.5, 0.6) is 0 Å². The first-order valence-corrected chi connectivity index (χ1v) is 13.7. The molecule has 0 fully saturated rings. The number of nitrogens with one attached hydrogen (secondary N) is 3. The molecular formula is C29H34N4O3S. The Bertz CT molecular complexity index is 1390. The number of amides is 1. The fourth-order valence-corrected chi connectivity index (χ4v) is 5.54. The van der Waals surface area contributed by atoms with E-state index in [2.05, 4.69) is 21.4 Å². The fourth-order valence-electron chi connectivity index (χ4n) is 3.89. The summed E-state index contributed by atoms with van der Waals surface area (Å²) in [6.07, 6.45) is 0.246. The van der Waals surface area contributed by atoms with Gasteiger partial charge in [-0.3, -0.25) is 4.79 Å². The third-order valence-electron chi connectivity index (χ3n) is 5.65. The van der Waals surface area contributed by atoms with Crippen LogP contribution in [0.25, 0.3) is 11.1 Å². The van der Waals surface area contributed by atoms with Crippen LogP contribution >= 0.6 is 0 Å². The third-order valence-corrected chi connectivity index (χ3v) is 7.47. The minimum Gasteiger partial charge on any atom is -0.381 e. The fraction of sp³-hybridized carbons (Fsp3) is 0.310. The number of benzene rings is 3. The van der Waals surface area contributed by atoms with Crippen LogP contribution in [0.15, 0.2) is 77.7 Å². The lowest BCUT2D eigenvalue weighted by Crippen LogP contribution is -2.40. The first-order valence-electron chi connectivity index (χ1n) is 12.2. The van der Waals surface area contributed by atoms with Crippen molar-refractivity contribution in [3.05, 3.63) is 78.4 Å². The van der Waals surface area contributed by atoms with Gasteiger partial charge in [-0.2, -0.15) is 5.26 Å². The smallest absolute Gasteiger partial charge is 0.241 e. The molecule has 0 heterocycles. The number of carbonyl (C=O) groups is 1. The summed E-state index contributed by atoms with van der Waals surface area (Å²) in [6.45, 7) is 9.47. The van der Waals surface area contributed by atoms with E-state index in [-0.39, 0.29) is 29.2 Å². The number of nitriles is 1. The van der Waals surface area contributed by atoms with Crippen molar-refractivity contribution in [2.75, 3.05) is 10.6 Å². The van der Waals surface area contributed by atoms with Gasteiger partial charge in [0.1, 0.15) is 0 Å². The van der Waals surface area contributed by atoms with E-state index in [1.54, 1.807) is 81.4 Å². The van der Waals surface area contributed by atoms with Gasteiger partial charge in [0, 0.05) is 34.9 Å². The molecule has 0 radical (unpaired) electrons. The maximum absolute atomic E-state index is 13.0. The topological polar surface area (TPSA) is 111 Å². The molecule has 0 bridgehead atoms. The molecule has 0 unspecified atom stereocenters. The quantitative estimate of drug-likeness (QED) is 0.333. The zero-order valence-electron chi connectivity index (χ0n) is 21.9. The highest BCUT2D eigenvalue weighted by molar-refractivity contribution is 7.89. The lowest BCUT2D eigenvalue weighted by molar-refractivity contribution is -0.116. The summed E-state index contributed by atoms with van der Waals surface area (Å²) in [4.78, 5) is 13.0. The summed E-state index contributed by atoms with van der Waals surface area (Å²) in [5, 5.41) is 15.4. The zero-order chi connectivity index (χ0) is 27.2. The number of hydrogen-bond donors (Lipinski definition) is 3. The molecule has 194 valence electrons. The van der Waals surface area contributed by atoms with Gasteiger partial charge in [0.25, 0.3) is 0 Å². The van der Waals surface area contributed by atoms with Crippen molar-refractivity contribution < 1.29 is 13.2 Å². The average Bonchev–Trinajstić information content (AvgIpc) is 2.83. The van der Waals surface area contributed by atoms with Gasteiger partial charge < -0.3 is 10.6 Å². The Labute approximate surface area is 220 Å². The highest BCUT2D eigenvalue weighted by Crippen LogP contribution is 2.29. The molecule has 0 aliphatic carbocycles. The Morgan fingerprint density at radius 1 is 0.946 bits per heavy atom. The van der Waals surface area contributed by atoms with Crippen molar-refractivity contribution in [3.8, 4) is 17.2 Å². The molecule has 3 aromatic rings. The van der Waals surface area contributed by atoms with Gasteiger partial charge in [-0.25, -0.2) is 13.1 Å². The van der Waals surface area contributed by atoms with Gasteiger partial charge in [0.15, 0.2) is 0 Å². The Morgan fingerprint density at radius 3 is 2.24 bits per heavy atom. The molecule has 7 nitrogen and oxygen atoms in total. The first-order chi connectivity index (χ1) is 17.4. The third kappa shape index (κ3) is 7.91. The lowest BCUT2D eigenvalue weighted by atomic mass is 9.99. The van der Waals surface area contributed by atoms with Gasteiger partial charge in [0.05, 0.1) is 16.5 Å². The summed E-state index contributed by atoms with van der Waals surface area (Å²) in [6, 6.07) is 23.2. The lowest BCUT2D eigenvalue weighted by Gasteiger charge is -2.23. The molecule has 0 saturated heterocycles. The second-order valence-electron chi connectivity index (χ2n) is 10.4. The molecule has 3 N–H and O–H groups in total. The number of carbonyl (C=O) groups excluding carboxylic acids is 1. The second-order valence-corrected chi connectivity index (χ2v) is 12.0. The monoisotopic (exact) mass is 518 g/mol. The molecule has 1 atom stereocenters. The highest BCUT2D eigenvalue weighted by Gasteiger charge is 2.25. The number of rotatable bonds is 9. The molecule has 0 spiro atoms. The van der Waals surface area contributed by atoms with Gasteiger partial charge in [-0.05, 0) is 68.7 Å². The number of sulfonamides is 1. The summed E-state index contributed by atoms with van der Waals surface area (Å²) in [5.74, 6) is 0.0340.